The van der Waals surface area contributed by atoms with Crippen LogP contribution < -0.4 is 21.3 Å². The first kappa shape index (κ1) is 72.5. The number of carbonyl (C=O) groups is 11. The zero-order valence-electron chi connectivity index (χ0n) is 54.5. The quantitative estimate of drug-likeness (QED) is 0.245. The van der Waals surface area contributed by atoms with Crippen molar-refractivity contribution >= 4 is 76.6 Å². The van der Waals surface area contributed by atoms with E-state index in [0.717, 1.165) is 58.9 Å². The Morgan fingerprint density at radius 3 is 1.88 bits per heavy atom. The minimum Gasteiger partial charge on any atom is -0.351 e. The molecule has 2 saturated heterocycles. The Hall–Kier alpha value is -6.53. The molecule has 0 radical (unpaired) electrons. The topological polar surface area (TPSA) is 259 Å². The van der Waals surface area contributed by atoms with Crippen LogP contribution in [0.25, 0.3) is 0 Å². The van der Waals surface area contributed by atoms with Crippen LogP contribution in [-0.4, -0.2) is 216 Å². The SMILES string of the molecule is CCC(C)[C@@H]1NC(=O)[C@H](CC(C)C)N(C)C(=O)C[C@@H](C)NC(=O)[C@H](C2CC2)N(C)C(=O)C2(CCCC2)NC(=O)[C@@H]2CCCN2C(=O)[C@H](CCc2ccc(C(F)(F)F)c(Cl)c2)NC(=O)CN(C)C(=O)[C@H](CC2CCCCC2)N(C)C(=O)CN(C)C(=O)CN(C)C1=O. The van der Waals surface area contributed by atoms with Gasteiger partial charge in [-0.05, 0) is 112 Å². The number of rotatable bonds is 10. The van der Waals surface area contributed by atoms with Crippen LogP contribution >= 0.6 is 11.6 Å². The van der Waals surface area contributed by atoms with Crippen LogP contribution in [0.4, 0.5) is 13.2 Å². The zero-order chi connectivity index (χ0) is 66.7. The van der Waals surface area contributed by atoms with Gasteiger partial charge in [0.1, 0.15) is 41.8 Å². The van der Waals surface area contributed by atoms with Crippen molar-refractivity contribution in [3.8, 4) is 0 Å². The largest absolute Gasteiger partial charge is 0.417 e. The predicted molar refractivity (Wildman–Crippen MR) is 330 cm³/mol. The van der Waals surface area contributed by atoms with E-state index in [2.05, 4.69) is 21.3 Å². The summed E-state index contributed by atoms with van der Waals surface area (Å²) in [5, 5.41) is 11.0. The third-order valence-corrected chi connectivity index (χ3v) is 19.4. The van der Waals surface area contributed by atoms with Crippen LogP contribution in [-0.2, 0) is 65.3 Å². The van der Waals surface area contributed by atoms with Gasteiger partial charge < -0.3 is 55.6 Å². The van der Waals surface area contributed by atoms with Crippen LogP contribution in [0.1, 0.15) is 161 Å². The lowest BCUT2D eigenvalue weighted by molar-refractivity contribution is -0.149. The number of amides is 11. The molecule has 5 aliphatic rings. The van der Waals surface area contributed by atoms with E-state index in [0.29, 0.717) is 44.1 Å². The molecule has 3 saturated carbocycles. The van der Waals surface area contributed by atoms with Gasteiger partial charge in [0.2, 0.25) is 65.0 Å². The second-order valence-corrected chi connectivity index (χ2v) is 27.1. The molecule has 22 nitrogen and oxygen atoms in total. The van der Waals surface area contributed by atoms with Gasteiger partial charge in [-0.25, -0.2) is 0 Å². The van der Waals surface area contributed by atoms with Gasteiger partial charge in [-0.15, -0.1) is 0 Å². The summed E-state index contributed by atoms with van der Waals surface area (Å²) in [6, 6.07) is -4.40. The van der Waals surface area contributed by atoms with E-state index >= 15 is 4.79 Å². The van der Waals surface area contributed by atoms with E-state index in [-0.39, 0.29) is 75.7 Å². The molecule has 0 aromatic heterocycles. The van der Waals surface area contributed by atoms with E-state index in [1.807, 2.05) is 20.8 Å². The summed E-state index contributed by atoms with van der Waals surface area (Å²) < 4.78 is 41.3. The smallest absolute Gasteiger partial charge is 0.351 e. The molecule has 4 N–H and O–H groups in total. The highest BCUT2D eigenvalue weighted by Gasteiger charge is 2.51. The number of hydrogen-bond acceptors (Lipinski definition) is 11. The number of carbonyl (C=O) groups excluding carboxylic acids is 11. The summed E-state index contributed by atoms with van der Waals surface area (Å²) in [6.45, 7) is 7.51. The minimum atomic E-state index is -4.74. The standard InChI is InChI=1S/C64H97ClF3N11O11/c1-12-39(4)54-61(89)75(8)36-52(82)73(6)37-53(83)77(10)49(34-41-19-14-13-15-20-41)60(88)74(7)35-50(80)70-46(27-23-42-22-26-44(45(65)33-42)64(66,67)68)59(87)79-30-18-21-47(79)57(85)72-63(28-16-17-29-63)62(90)78(11)55(43-24-25-43)58(86)69-40(5)32-51(81)76(9)48(31-38(2)3)56(84)71-54/h22,26,33,38-41,43,46-49,54-55H,12-21,23-25,27-32,34-37H2,1-11H3,(H,69,86)(H,70,80)(H,71,84)(H,72,85)/t39?,40-,46+,47+,48+,49+,54+,55+/m1/s1. The highest BCUT2D eigenvalue weighted by molar-refractivity contribution is 6.31. The van der Waals surface area contributed by atoms with Gasteiger partial charge in [-0.3, -0.25) is 52.7 Å². The first-order valence-electron chi connectivity index (χ1n) is 32.2. The number of benzene rings is 1. The van der Waals surface area contributed by atoms with Crippen LogP contribution in [0.3, 0.4) is 0 Å². The number of hydrogen-bond donors (Lipinski definition) is 4. The number of nitrogens with one attached hydrogen (secondary N) is 4. The van der Waals surface area contributed by atoms with Crippen LogP contribution in [0.5, 0.6) is 0 Å². The molecule has 2 aliphatic heterocycles. The van der Waals surface area contributed by atoms with E-state index < -0.39 is 155 Å². The Morgan fingerprint density at radius 1 is 0.656 bits per heavy atom. The average Bonchev–Trinajstić information content (AvgIpc) is 1.59. The summed E-state index contributed by atoms with van der Waals surface area (Å²) in [5.41, 5.74) is -2.21. The third-order valence-electron chi connectivity index (χ3n) is 19.1. The minimum absolute atomic E-state index is 0.0364. The van der Waals surface area contributed by atoms with Crippen LogP contribution in [0, 0.1) is 23.7 Å². The Bertz CT molecular complexity index is 2790. The predicted octanol–water partition coefficient (Wildman–Crippen LogP) is 4.92. The molecule has 502 valence electrons. The van der Waals surface area contributed by atoms with Gasteiger partial charge >= 0.3 is 6.18 Å². The van der Waals surface area contributed by atoms with E-state index in [1.54, 1.807) is 13.8 Å². The molecule has 8 atom stereocenters. The normalized spacial score (nSPS) is 27.1. The van der Waals surface area contributed by atoms with Gasteiger partial charge in [-0.1, -0.05) is 96.7 Å². The molecule has 0 bridgehead atoms. The highest BCUT2D eigenvalue weighted by atomic mass is 35.5. The molecule has 90 heavy (non-hydrogen) atoms. The summed E-state index contributed by atoms with van der Waals surface area (Å²) >= 11 is 6.11. The van der Waals surface area contributed by atoms with Crippen molar-refractivity contribution in [2.45, 2.75) is 211 Å². The maximum atomic E-state index is 15.0. The molecule has 2 heterocycles. The number of nitrogens with zero attached hydrogens (tertiary/aromatic N) is 7. The highest BCUT2D eigenvalue weighted by Crippen LogP contribution is 2.40. The third kappa shape index (κ3) is 18.6. The Balaban J connectivity index is 1.35. The van der Waals surface area contributed by atoms with Gasteiger partial charge in [0, 0.05) is 61.3 Å². The molecule has 11 amide bonds. The molecule has 5 fully saturated rings. The zero-order valence-corrected chi connectivity index (χ0v) is 55.2. The van der Waals surface area contributed by atoms with Crippen molar-refractivity contribution in [1.82, 2.24) is 55.6 Å². The van der Waals surface area contributed by atoms with E-state index in [4.69, 9.17) is 11.6 Å². The number of fused-ring (bicyclic) bond motifs is 1. The van der Waals surface area contributed by atoms with Crippen molar-refractivity contribution in [2.75, 3.05) is 68.5 Å². The van der Waals surface area contributed by atoms with Crippen molar-refractivity contribution in [3.63, 3.8) is 0 Å². The lowest BCUT2D eigenvalue weighted by atomic mass is 9.84. The molecule has 6 rings (SSSR count). The van der Waals surface area contributed by atoms with Gasteiger partial charge in [0.25, 0.3) is 0 Å². The van der Waals surface area contributed by atoms with Gasteiger partial charge in [0.15, 0.2) is 0 Å². The number of halogens is 4. The molecule has 1 unspecified atom stereocenters. The fourth-order valence-electron chi connectivity index (χ4n) is 13.2. The van der Waals surface area contributed by atoms with Crippen LogP contribution in [0.15, 0.2) is 18.2 Å². The van der Waals surface area contributed by atoms with E-state index in [9.17, 15) is 61.1 Å². The van der Waals surface area contributed by atoms with Crippen molar-refractivity contribution in [3.05, 3.63) is 34.3 Å². The number of alkyl halides is 3. The van der Waals surface area contributed by atoms with Crippen molar-refractivity contribution in [2.24, 2.45) is 23.7 Å². The van der Waals surface area contributed by atoms with E-state index in [1.165, 1.54) is 68.0 Å². The second kappa shape index (κ2) is 31.7. The fraction of sp³-hybridized carbons (Fsp3) is 0.734. The monoisotopic (exact) mass is 1290 g/mol. The molecule has 1 aromatic carbocycles. The van der Waals surface area contributed by atoms with Crippen LogP contribution in [0.2, 0.25) is 5.02 Å². The fourth-order valence-corrected chi connectivity index (χ4v) is 13.5. The Labute approximate surface area is 533 Å². The van der Waals surface area contributed by atoms with Gasteiger partial charge in [-0.2, -0.15) is 13.2 Å². The molecular weight excluding hydrogens is 1190 g/mol. The maximum absolute atomic E-state index is 15.0. The lowest BCUT2D eigenvalue weighted by Crippen LogP contribution is -2.64. The summed E-state index contributed by atoms with van der Waals surface area (Å²) in [4.78, 5) is 168. The first-order chi connectivity index (χ1) is 42.3. The van der Waals surface area contributed by atoms with Crippen molar-refractivity contribution < 1.29 is 65.9 Å². The number of likely N-dealkylation sites (N-methyl/N-ethyl adjacent to an activating group) is 6. The average molecular weight is 1290 g/mol. The first-order valence-corrected chi connectivity index (χ1v) is 32.6. The molecule has 26 heteroatoms. The lowest BCUT2D eigenvalue weighted by Gasteiger charge is -2.38. The molecular formula is C64H97ClF3N11O11. The number of aryl methyl sites for hydroxylation is 1. The molecule has 1 aromatic rings. The summed E-state index contributed by atoms with van der Waals surface area (Å²) in [5.74, 6) is -7.37. The summed E-state index contributed by atoms with van der Waals surface area (Å²) in [6.07, 6.45) is 3.48. The second-order valence-electron chi connectivity index (χ2n) is 26.7. The van der Waals surface area contributed by atoms with Crippen molar-refractivity contribution in [1.29, 1.82) is 0 Å². The Morgan fingerprint density at radius 2 is 1.28 bits per heavy atom. The Kier molecular flexibility index (Phi) is 25.5. The van der Waals surface area contributed by atoms with Gasteiger partial charge in [0.05, 0.1) is 30.2 Å². The summed E-state index contributed by atoms with van der Waals surface area (Å²) in [7, 11) is 8.61. The maximum Gasteiger partial charge on any atom is 0.417 e. The molecule has 3 aliphatic carbocycles. The molecule has 1 spiro atoms.